The Bertz CT molecular complexity index is 1430. The quantitative estimate of drug-likeness (QED) is 0.0145. The van der Waals surface area contributed by atoms with Crippen LogP contribution in [0, 0.1) is 0 Å². The van der Waals surface area contributed by atoms with E-state index < -0.39 is 75.7 Å². The Hall–Kier alpha value is -2.45. The van der Waals surface area contributed by atoms with E-state index in [1.54, 1.807) is 0 Å². The first-order valence-electron chi connectivity index (χ1n) is 27.1. The highest BCUT2D eigenvalue weighted by Crippen LogP contribution is 2.47. The average Bonchev–Trinajstić information content (AvgIpc) is 3.33. The van der Waals surface area contributed by atoms with E-state index in [9.17, 15) is 44.6 Å². The van der Waals surface area contributed by atoms with Crippen molar-refractivity contribution in [3.63, 3.8) is 0 Å². The van der Waals surface area contributed by atoms with Crippen molar-refractivity contribution in [3.05, 3.63) is 60.8 Å². The summed E-state index contributed by atoms with van der Waals surface area (Å²) in [6, 6.07) is 0. The third-order valence-corrected chi connectivity index (χ3v) is 13.3. The molecule has 0 aromatic rings. The molecule has 0 aromatic heterocycles. The maximum absolute atomic E-state index is 12.9. The number of hydrogen-bond donors (Lipinski definition) is 6. The Labute approximate surface area is 417 Å². The van der Waals surface area contributed by atoms with Crippen molar-refractivity contribution in [1.29, 1.82) is 0 Å². The lowest BCUT2D eigenvalue weighted by molar-refractivity contribution is -0.220. The molecule has 0 radical (unpaired) electrons. The molecule has 0 bridgehead atoms. The summed E-state index contributed by atoms with van der Waals surface area (Å²) in [6.45, 7) is 3.20. The predicted molar refractivity (Wildman–Crippen MR) is 276 cm³/mol. The van der Waals surface area contributed by atoms with Gasteiger partial charge >= 0.3 is 19.8 Å². The third kappa shape index (κ3) is 36.2. The molecule has 69 heavy (non-hydrogen) atoms. The minimum atomic E-state index is -5.13. The monoisotopic (exact) mass is 997 g/mol. The first-order chi connectivity index (χ1) is 33.4. The normalized spacial score (nSPS) is 21.3. The van der Waals surface area contributed by atoms with Crippen molar-refractivity contribution in [2.75, 3.05) is 13.2 Å². The molecule has 0 aliphatic heterocycles. The molecule has 13 nitrogen and oxygen atoms in total. The summed E-state index contributed by atoms with van der Waals surface area (Å²) in [5, 5.41) is 50.3. The Morgan fingerprint density at radius 1 is 0.464 bits per heavy atom. The van der Waals surface area contributed by atoms with Gasteiger partial charge in [-0.2, -0.15) is 0 Å². The topological polar surface area (TPSA) is 210 Å². The van der Waals surface area contributed by atoms with Gasteiger partial charge in [0.2, 0.25) is 0 Å². The molecule has 1 aliphatic carbocycles. The van der Waals surface area contributed by atoms with Crippen LogP contribution in [0.25, 0.3) is 0 Å². The van der Waals surface area contributed by atoms with E-state index in [1.165, 1.54) is 83.5 Å². The first-order valence-corrected chi connectivity index (χ1v) is 28.6. The fourth-order valence-corrected chi connectivity index (χ4v) is 9.01. The van der Waals surface area contributed by atoms with Crippen LogP contribution in [0.1, 0.15) is 219 Å². The number of unbranched alkanes of at least 4 members (excludes halogenated alkanes) is 23. The Balaban J connectivity index is 2.36. The molecule has 1 fully saturated rings. The van der Waals surface area contributed by atoms with Crippen LogP contribution in [0.2, 0.25) is 0 Å². The van der Waals surface area contributed by atoms with Gasteiger partial charge < -0.3 is 39.9 Å². The molecule has 0 amide bonds. The van der Waals surface area contributed by atoms with Crippen molar-refractivity contribution in [2.45, 2.75) is 262 Å². The Kier molecular flexibility index (Phi) is 41.4. The zero-order valence-corrected chi connectivity index (χ0v) is 43.7. The van der Waals surface area contributed by atoms with Crippen molar-refractivity contribution in [2.24, 2.45) is 0 Å². The second-order valence-electron chi connectivity index (χ2n) is 18.7. The smallest absolute Gasteiger partial charge is 0.462 e. The minimum Gasteiger partial charge on any atom is -0.462 e. The molecule has 0 aromatic carbocycles. The third-order valence-electron chi connectivity index (χ3n) is 12.3. The van der Waals surface area contributed by atoms with Crippen LogP contribution < -0.4 is 0 Å². The lowest BCUT2D eigenvalue weighted by atomic mass is 9.85. The number of aliphatic hydroxyl groups excluding tert-OH is 5. The number of ether oxygens (including phenoxy) is 2. The molecular weight excluding hydrogens is 900 g/mol. The summed E-state index contributed by atoms with van der Waals surface area (Å²) in [7, 11) is -5.13. The van der Waals surface area contributed by atoms with Gasteiger partial charge in [-0.05, 0) is 77.0 Å². The summed E-state index contributed by atoms with van der Waals surface area (Å²) in [4.78, 5) is 35.9. The largest absolute Gasteiger partial charge is 0.472 e. The van der Waals surface area contributed by atoms with Gasteiger partial charge in [0.05, 0.1) is 6.61 Å². The number of phosphoric acid groups is 1. The van der Waals surface area contributed by atoms with Gasteiger partial charge in [-0.1, -0.05) is 190 Å². The van der Waals surface area contributed by atoms with Crippen LogP contribution in [0.3, 0.4) is 0 Å². The molecule has 0 saturated heterocycles. The lowest BCUT2D eigenvalue weighted by Crippen LogP contribution is -2.64. The van der Waals surface area contributed by atoms with Gasteiger partial charge in [0.25, 0.3) is 0 Å². The maximum atomic E-state index is 12.9. The van der Waals surface area contributed by atoms with Gasteiger partial charge in [-0.25, -0.2) is 4.57 Å². The summed E-state index contributed by atoms with van der Waals surface area (Å²) in [5.74, 6) is -1.11. The van der Waals surface area contributed by atoms with E-state index >= 15 is 0 Å². The van der Waals surface area contributed by atoms with E-state index in [-0.39, 0.29) is 12.8 Å². The Morgan fingerprint density at radius 3 is 1.26 bits per heavy atom. The van der Waals surface area contributed by atoms with Crippen molar-refractivity contribution < 1.29 is 63.1 Å². The van der Waals surface area contributed by atoms with Crippen LogP contribution in [0.5, 0.6) is 0 Å². The highest BCUT2D eigenvalue weighted by molar-refractivity contribution is 7.47. The molecular formula is C55H97O13P. The molecule has 400 valence electrons. The van der Waals surface area contributed by atoms with Crippen molar-refractivity contribution in [1.82, 2.24) is 0 Å². The summed E-state index contributed by atoms with van der Waals surface area (Å²) in [5.41, 5.74) is 0. The lowest BCUT2D eigenvalue weighted by Gasteiger charge is -2.41. The van der Waals surface area contributed by atoms with Crippen LogP contribution >= 0.6 is 7.82 Å². The van der Waals surface area contributed by atoms with Gasteiger partial charge in [-0.3, -0.25) is 18.6 Å². The summed E-state index contributed by atoms with van der Waals surface area (Å²) < 4.78 is 33.7. The minimum absolute atomic E-state index is 0.0834. The Morgan fingerprint density at radius 2 is 0.826 bits per heavy atom. The van der Waals surface area contributed by atoms with Crippen LogP contribution in [-0.4, -0.2) is 98.3 Å². The van der Waals surface area contributed by atoms with Gasteiger partial charge in [0.1, 0.15) is 43.2 Å². The highest BCUT2D eigenvalue weighted by Gasteiger charge is 2.51. The second-order valence-corrected chi connectivity index (χ2v) is 20.1. The standard InChI is InChI=1S/C55H97O13P/c1-3-5-7-9-11-13-15-17-19-21-22-23-24-25-26-28-29-31-33-35-37-39-41-43-48(56)65-45-47(46-66-69(63,64)68-55-53(61)51(59)50(58)52(60)54(55)62)67-49(57)44-42-40-38-36-34-32-30-27-20-18-16-14-12-10-8-6-4-2/h6,8,12,14-15,17-18,20-22,47,50-55,58-62H,3-5,7,9-11,13,16,19,23-46H2,1-2H3,(H,63,64)/b8-6-,14-12-,17-15-,20-18-,22-21-. The molecule has 6 N–H and O–H groups in total. The average molecular weight is 997 g/mol. The molecule has 1 rings (SSSR count). The number of carbonyl (C=O) groups excluding carboxylic acids is 2. The SMILES string of the molecule is CC/C=C\C/C=C\C/C=C\CCCCCCCCCC(=O)OC(COC(=O)CCCCCCCCCCCCC/C=C\C/C=C\CCCCCCC)COP(=O)(O)OC1C(O)C(O)C(O)C(O)C1O. The zero-order valence-electron chi connectivity index (χ0n) is 42.8. The molecule has 0 heterocycles. The predicted octanol–water partition coefficient (Wildman–Crippen LogP) is 12.1. The molecule has 0 spiro atoms. The fourth-order valence-electron chi connectivity index (χ4n) is 8.04. The summed E-state index contributed by atoms with van der Waals surface area (Å²) in [6.07, 6.45) is 42.6. The van der Waals surface area contributed by atoms with E-state index in [0.29, 0.717) is 12.8 Å². The van der Waals surface area contributed by atoms with E-state index in [2.05, 4.69) is 74.6 Å². The number of allylic oxidation sites excluding steroid dienone is 10. The first kappa shape index (κ1) is 64.6. The summed E-state index contributed by atoms with van der Waals surface area (Å²) >= 11 is 0. The van der Waals surface area contributed by atoms with Gasteiger partial charge in [-0.15, -0.1) is 0 Å². The van der Waals surface area contributed by atoms with Crippen LogP contribution in [0.4, 0.5) is 0 Å². The number of aliphatic hydroxyl groups is 5. The van der Waals surface area contributed by atoms with Crippen molar-refractivity contribution in [3.8, 4) is 0 Å². The fraction of sp³-hybridized carbons (Fsp3) is 0.782. The molecule has 1 saturated carbocycles. The highest BCUT2D eigenvalue weighted by atomic mass is 31.2. The molecule has 6 atom stereocenters. The number of rotatable bonds is 45. The number of phosphoric ester groups is 1. The number of carbonyl (C=O) groups is 2. The van der Waals surface area contributed by atoms with Crippen molar-refractivity contribution >= 4 is 19.8 Å². The molecule has 1 aliphatic rings. The van der Waals surface area contributed by atoms with Crippen LogP contribution in [0.15, 0.2) is 60.8 Å². The molecule has 14 heteroatoms. The number of hydrogen-bond acceptors (Lipinski definition) is 12. The second kappa shape index (κ2) is 44.3. The number of esters is 2. The van der Waals surface area contributed by atoms with E-state index in [4.69, 9.17) is 18.5 Å². The zero-order chi connectivity index (χ0) is 50.6. The van der Waals surface area contributed by atoms with Gasteiger partial charge in [0, 0.05) is 12.8 Å². The maximum Gasteiger partial charge on any atom is 0.472 e. The van der Waals surface area contributed by atoms with E-state index in [1.807, 2.05) is 0 Å². The molecule has 6 unspecified atom stereocenters. The van der Waals surface area contributed by atoms with Gasteiger partial charge in [0.15, 0.2) is 6.10 Å². The van der Waals surface area contributed by atoms with E-state index in [0.717, 1.165) is 96.3 Å². The van der Waals surface area contributed by atoms with Crippen LogP contribution in [-0.2, 0) is 32.7 Å².